The van der Waals surface area contributed by atoms with Gasteiger partial charge in [0.1, 0.15) is 5.15 Å². The van der Waals surface area contributed by atoms with Crippen molar-refractivity contribution in [2.24, 2.45) is 0 Å². The van der Waals surface area contributed by atoms with Crippen molar-refractivity contribution in [2.45, 2.75) is 0 Å². The zero-order valence-corrected chi connectivity index (χ0v) is 13.4. The number of nitrogens with zero attached hydrogens (tertiary/aromatic N) is 4. The molecule has 0 aromatic carbocycles. The summed E-state index contributed by atoms with van der Waals surface area (Å²) in [6.45, 7) is 1.20. The van der Waals surface area contributed by atoms with Crippen LogP contribution in [0.25, 0.3) is 0 Å². The third-order valence-corrected chi connectivity index (χ3v) is 5.54. The van der Waals surface area contributed by atoms with Crippen LogP contribution in [0.2, 0.25) is 5.15 Å². The van der Waals surface area contributed by atoms with Gasteiger partial charge >= 0.3 is 0 Å². The quantitative estimate of drug-likeness (QED) is 0.746. The highest BCUT2D eigenvalue weighted by molar-refractivity contribution is 7.86. The number of pyridine rings is 1. The van der Waals surface area contributed by atoms with Crippen LogP contribution in [0.3, 0.4) is 0 Å². The van der Waals surface area contributed by atoms with Gasteiger partial charge in [0.25, 0.3) is 16.1 Å². The van der Waals surface area contributed by atoms with Crippen LogP contribution in [-0.4, -0.2) is 73.1 Å². The molecule has 0 saturated carbocycles. The number of rotatable bonds is 3. The number of piperazine rings is 1. The molecule has 0 aliphatic carbocycles. The first-order valence-electron chi connectivity index (χ1n) is 6.41. The first-order valence-corrected chi connectivity index (χ1v) is 8.19. The molecule has 2 heterocycles. The Kier molecular flexibility index (Phi) is 4.82. The highest BCUT2D eigenvalue weighted by Crippen LogP contribution is 2.17. The first kappa shape index (κ1) is 16.2. The fraction of sp³-hybridized carbons (Fsp3) is 0.500. The van der Waals surface area contributed by atoms with Gasteiger partial charge in [-0.15, -0.1) is 0 Å². The molecule has 21 heavy (non-hydrogen) atoms. The van der Waals surface area contributed by atoms with E-state index in [-0.39, 0.29) is 24.1 Å². The molecule has 1 aromatic rings. The number of hydrogen-bond donors (Lipinski definition) is 0. The van der Waals surface area contributed by atoms with Gasteiger partial charge in [-0.3, -0.25) is 4.79 Å². The van der Waals surface area contributed by atoms with E-state index in [0.717, 1.165) is 0 Å². The molecule has 0 spiro atoms. The fourth-order valence-electron chi connectivity index (χ4n) is 2.07. The van der Waals surface area contributed by atoms with E-state index in [1.165, 1.54) is 28.9 Å². The molecule has 0 unspecified atom stereocenters. The smallest absolute Gasteiger partial charge is 0.281 e. The minimum atomic E-state index is -3.43. The summed E-state index contributed by atoms with van der Waals surface area (Å²) in [5, 5.41) is 0.158. The third kappa shape index (κ3) is 3.34. The summed E-state index contributed by atoms with van der Waals surface area (Å²) >= 11 is 5.91. The molecule has 1 amide bonds. The molecule has 116 valence electrons. The van der Waals surface area contributed by atoms with E-state index < -0.39 is 10.2 Å². The van der Waals surface area contributed by atoms with Crippen LogP contribution in [-0.2, 0) is 10.2 Å². The van der Waals surface area contributed by atoms with E-state index in [2.05, 4.69) is 4.98 Å². The molecular formula is C12H17ClN4O3S. The first-order chi connectivity index (χ1) is 9.84. The molecule has 0 radical (unpaired) electrons. The Morgan fingerprint density at radius 2 is 1.90 bits per heavy atom. The molecule has 1 fully saturated rings. The van der Waals surface area contributed by atoms with Crippen molar-refractivity contribution >= 4 is 27.7 Å². The van der Waals surface area contributed by atoms with Gasteiger partial charge in [0, 0.05) is 46.5 Å². The zero-order chi connectivity index (χ0) is 15.6. The van der Waals surface area contributed by atoms with Crippen molar-refractivity contribution < 1.29 is 13.2 Å². The van der Waals surface area contributed by atoms with Crippen LogP contribution in [0.5, 0.6) is 0 Å². The number of aromatic nitrogens is 1. The maximum atomic E-state index is 12.3. The lowest BCUT2D eigenvalue weighted by Gasteiger charge is -2.35. The summed E-state index contributed by atoms with van der Waals surface area (Å²) in [5.74, 6) is -0.227. The Morgan fingerprint density at radius 3 is 2.43 bits per heavy atom. The van der Waals surface area contributed by atoms with Gasteiger partial charge < -0.3 is 4.90 Å². The molecule has 1 aliphatic heterocycles. The van der Waals surface area contributed by atoms with Gasteiger partial charge in [-0.1, -0.05) is 11.6 Å². The average molecular weight is 333 g/mol. The number of carbonyl (C=O) groups excluding carboxylic acids is 1. The van der Waals surface area contributed by atoms with E-state index in [9.17, 15) is 13.2 Å². The Morgan fingerprint density at radius 1 is 1.29 bits per heavy atom. The van der Waals surface area contributed by atoms with Crippen molar-refractivity contribution in [2.75, 3.05) is 40.3 Å². The van der Waals surface area contributed by atoms with Crippen LogP contribution in [0, 0.1) is 0 Å². The minimum Gasteiger partial charge on any atom is -0.336 e. The van der Waals surface area contributed by atoms with Crippen LogP contribution in [0.15, 0.2) is 18.3 Å². The summed E-state index contributed by atoms with van der Waals surface area (Å²) < 4.78 is 26.5. The van der Waals surface area contributed by atoms with E-state index in [1.54, 1.807) is 17.0 Å². The van der Waals surface area contributed by atoms with Gasteiger partial charge in [0.2, 0.25) is 0 Å². The molecule has 0 atom stereocenters. The maximum absolute atomic E-state index is 12.3. The average Bonchev–Trinajstić information content (AvgIpc) is 2.47. The zero-order valence-electron chi connectivity index (χ0n) is 11.9. The van der Waals surface area contributed by atoms with Crippen molar-refractivity contribution in [1.29, 1.82) is 0 Å². The molecule has 9 heteroatoms. The Labute approximate surface area is 129 Å². The lowest BCUT2D eigenvalue weighted by atomic mass is 10.2. The van der Waals surface area contributed by atoms with Gasteiger partial charge in [-0.25, -0.2) is 4.98 Å². The van der Waals surface area contributed by atoms with Crippen LogP contribution < -0.4 is 0 Å². The van der Waals surface area contributed by atoms with Gasteiger partial charge in [0.15, 0.2) is 0 Å². The number of halogens is 1. The molecular weight excluding hydrogens is 316 g/mol. The Balaban J connectivity index is 2.05. The molecule has 1 saturated heterocycles. The second-order valence-corrected chi connectivity index (χ2v) is 7.32. The summed E-state index contributed by atoms with van der Waals surface area (Å²) in [5.41, 5.74) is 0.336. The standard InChI is InChI=1S/C12H17ClN4O3S/c1-15(2)21(19,20)17-8-6-16(7-9-17)12(18)10-4-3-5-14-11(10)13/h3-5H,6-9H2,1-2H3. The SMILES string of the molecule is CN(C)S(=O)(=O)N1CCN(C(=O)c2cccnc2Cl)CC1. The van der Waals surface area contributed by atoms with E-state index in [4.69, 9.17) is 11.6 Å². The summed E-state index contributed by atoms with van der Waals surface area (Å²) in [6.07, 6.45) is 1.51. The van der Waals surface area contributed by atoms with Crippen molar-refractivity contribution in [3.63, 3.8) is 0 Å². The summed E-state index contributed by atoms with van der Waals surface area (Å²) in [4.78, 5) is 17.8. The van der Waals surface area contributed by atoms with Crippen LogP contribution in [0.1, 0.15) is 10.4 Å². The largest absolute Gasteiger partial charge is 0.336 e. The van der Waals surface area contributed by atoms with Gasteiger partial charge in [-0.2, -0.15) is 17.0 Å². The van der Waals surface area contributed by atoms with Crippen LogP contribution >= 0.6 is 11.6 Å². The van der Waals surface area contributed by atoms with Crippen LogP contribution in [0.4, 0.5) is 0 Å². The molecule has 0 N–H and O–H groups in total. The molecule has 2 rings (SSSR count). The normalized spacial score (nSPS) is 17.2. The molecule has 1 aromatic heterocycles. The third-order valence-electron chi connectivity index (χ3n) is 3.30. The van der Waals surface area contributed by atoms with Crippen molar-refractivity contribution in [3.8, 4) is 0 Å². The predicted molar refractivity (Wildman–Crippen MR) is 79.3 cm³/mol. The number of amides is 1. The highest BCUT2D eigenvalue weighted by atomic mass is 35.5. The Hall–Kier alpha value is -1.22. The van der Waals surface area contributed by atoms with Crippen molar-refractivity contribution in [1.82, 2.24) is 18.5 Å². The monoisotopic (exact) mass is 332 g/mol. The van der Waals surface area contributed by atoms with E-state index >= 15 is 0 Å². The molecule has 1 aliphatic rings. The van der Waals surface area contributed by atoms with Crippen molar-refractivity contribution in [3.05, 3.63) is 29.0 Å². The molecule has 7 nitrogen and oxygen atoms in total. The highest BCUT2D eigenvalue weighted by Gasteiger charge is 2.31. The van der Waals surface area contributed by atoms with Gasteiger partial charge in [0.05, 0.1) is 5.56 Å². The minimum absolute atomic E-state index is 0.158. The maximum Gasteiger partial charge on any atom is 0.281 e. The second kappa shape index (κ2) is 6.27. The second-order valence-electron chi connectivity index (χ2n) is 4.82. The fourth-order valence-corrected chi connectivity index (χ4v) is 3.36. The lowest BCUT2D eigenvalue weighted by molar-refractivity contribution is 0.0695. The number of carbonyl (C=O) groups is 1. The van der Waals surface area contributed by atoms with Gasteiger partial charge in [-0.05, 0) is 12.1 Å². The molecule has 0 bridgehead atoms. The predicted octanol–water partition coefficient (Wildman–Crippen LogP) is 0.299. The summed E-state index contributed by atoms with van der Waals surface area (Å²) in [6, 6.07) is 3.26. The van der Waals surface area contributed by atoms with E-state index in [0.29, 0.717) is 18.7 Å². The summed E-state index contributed by atoms with van der Waals surface area (Å²) in [7, 11) is -0.455. The topological polar surface area (TPSA) is 73.8 Å². The van der Waals surface area contributed by atoms with E-state index in [1.807, 2.05) is 0 Å². The number of hydrogen-bond acceptors (Lipinski definition) is 4. The lowest BCUT2D eigenvalue weighted by Crippen LogP contribution is -2.53. The Bertz CT molecular complexity index is 627.